The summed E-state index contributed by atoms with van der Waals surface area (Å²) in [6.45, 7) is 6.56. The first-order valence-corrected chi connectivity index (χ1v) is 5.72. The minimum Gasteiger partial charge on any atom is -0.491 e. The second-order valence-corrected chi connectivity index (χ2v) is 5.10. The van der Waals surface area contributed by atoms with E-state index in [1.54, 1.807) is 0 Å². The Hall–Kier alpha value is -1.53. The van der Waals surface area contributed by atoms with Gasteiger partial charge in [-0.1, -0.05) is 32.9 Å². The van der Waals surface area contributed by atoms with Gasteiger partial charge in [0.1, 0.15) is 18.5 Å². The quantitative estimate of drug-likeness (QED) is 0.869. The number of aliphatic hydroxyl groups is 1. The zero-order valence-electron chi connectivity index (χ0n) is 10.6. The number of nitriles is 1. The number of nitrogens with zero attached hydrogens (tertiary/aromatic N) is 1. The Morgan fingerprint density at radius 3 is 2.71 bits per heavy atom. The minimum atomic E-state index is -0.724. The number of hydrogen-bond donors (Lipinski definition) is 1. The summed E-state index contributed by atoms with van der Waals surface area (Å²) in [5.74, 6) is 0.731. The number of benzene rings is 1. The molecule has 1 aromatic carbocycles. The summed E-state index contributed by atoms with van der Waals surface area (Å²) in [6.07, 6.45) is -0.628. The van der Waals surface area contributed by atoms with Crippen molar-refractivity contribution in [3.05, 3.63) is 29.8 Å². The molecule has 3 heteroatoms. The van der Waals surface area contributed by atoms with Crippen molar-refractivity contribution in [3.8, 4) is 11.8 Å². The van der Waals surface area contributed by atoms with Crippen molar-refractivity contribution >= 4 is 0 Å². The van der Waals surface area contributed by atoms with Crippen molar-refractivity contribution in [1.82, 2.24) is 0 Å². The third-order valence-electron chi connectivity index (χ3n) is 2.47. The van der Waals surface area contributed by atoms with Crippen molar-refractivity contribution in [1.29, 1.82) is 5.26 Å². The summed E-state index contributed by atoms with van der Waals surface area (Å²) in [5, 5.41) is 17.8. The van der Waals surface area contributed by atoms with Crippen molar-refractivity contribution < 1.29 is 9.84 Å². The summed E-state index contributed by atoms with van der Waals surface area (Å²) in [7, 11) is 0. The standard InChI is InChI=1S/C14H19NO2/c1-14(2,3)11-5-4-6-13(9-11)17-10-12(16)7-8-15/h4-6,9,12,16H,7,10H2,1-3H3. The third-order valence-corrected chi connectivity index (χ3v) is 2.47. The average molecular weight is 233 g/mol. The minimum absolute atomic E-state index is 0.0740. The van der Waals surface area contributed by atoms with E-state index in [4.69, 9.17) is 10.00 Å². The fraction of sp³-hybridized carbons (Fsp3) is 0.500. The van der Waals surface area contributed by atoms with Crippen LogP contribution in [-0.2, 0) is 5.41 Å². The third kappa shape index (κ3) is 4.46. The Labute approximate surface area is 103 Å². The molecule has 3 nitrogen and oxygen atoms in total. The van der Waals surface area contributed by atoms with Gasteiger partial charge in [-0.05, 0) is 23.1 Å². The van der Waals surface area contributed by atoms with E-state index >= 15 is 0 Å². The molecule has 1 atom stereocenters. The van der Waals surface area contributed by atoms with E-state index in [9.17, 15) is 5.11 Å². The van der Waals surface area contributed by atoms with Gasteiger partial charge in [0.2, 0.25) is 0 Å². The molecule has 0 aliphatic carbocycles. The van der Waals surface area contributed by atoms with E-state index in [1.807, 2.05) is 24.3 Å². The van der Waals surface area contributed by atoms with Crippen LogP contribution in [0.2, 0.25) is 0 Å². The Morgan fingerprint density at radius 1 is 1.41 bits per heavy atom. The van der Waals surface area contributed by atoms with Gasteiger partial charge in [0, 0.05) is 0 Å². The molecule has 0 fully saturated rings. The molecule has 0 bridgehead atoms. The molecule has 0 amide bonds. The van der Waals surface area contributed by atoms with Gasteiger partial charge in [-0.2, -0.15) is 5.26 Å². The van der Waals surface area contributed by atoms with E-state index in [1.165, 1.54) is 5.56 Å². The van der Waals surface area contributed by atoms with Gasteiger partial charge < -0.3 is 9.84 Å². The van der Waals surface area contributed by atoms with E-state index in [-0.39, 0.29) is 18.4 Å². The molecular formula is C14H19NO2. The molecule has 17 heavy (non-hydrogen) atoms. The summed E-state index contributed by atoms with van der Waals surface area (Å²) in [5.41, 5.74) is 1.26. The van der Waals surface area contributed by atoms with Crippen LogP contribution in [0.25, 0.3) is 0 Å². The van der Waals surface area contributed by atoms with Gasteiger partial charge in [0.05, 0.1) is 12.5 Å². The normalized spacial score (nSPS) is 12.9. The highest BCUT2D eigenvalue weighted by Gasteiger charge is 2.14. The first-order valence-electron chi connectivity index (χ1n) is 5.72. The maximum atomic E-state index is 9.39. The molecule has 0 saturated heterocycles. The molecule has 0 aliphatic heterocycles. The van der Waals surface area contributed by atoms with Crippen molar-refractivity contribution in [2.75, 3.05) is 6.61 Å². The number of rotatable bonds is 4. The van der Waals surface area contributed by atoms with Crippen LogP contribution in [0.4, 0.5) is 0 Å². The molecule has 0 spiro atoms. The Morgan fingerprint density at radius 2 is 2.12 bits per heavy atom. The molecule has 0 heterocycles. The lowest BCUT2D eigenvalue weighted by molar-refractivity contribution is 0.111. The highest BCUT2D eigenvalue weighted by Crippen LogP contribution is 2.25. The van der Waals surface area contributed by atoms with E-state index < -0.39 is 6.10 Å². The summed E-state index contributed by atoms with van der Waals surface area (Å²) in [6, 6.07) is 9.73. The van der Waals surface area contributed by atoms with Crippen LogP contribution >= 0.6 is 0 Å². The van der Waals surface area contributed by atoms with Gasteiger partial charge in [-0.15, -0.1) is 0 Å². The molecule has 1 rings (SSSR count). The topological polar surface area (TPSA) is 53.2 Å². The van der Waals surface area contributed by atoms with E-state index in [0.29, 0.717) is 0 Å². The van der Waals surface area contributed by atoms with Gasteiger partial charge in [-0.25, -0.2) is 0 Å². The first-order chi connectivity index (χ1) is 7.93. The lowest BCUT2D eigenvalue weighted by Gasteiger charge is -2.20. The average Bonchev–Trinajstić information content (AvgIpc) is 2.26. The monoisotopic (exact) mass is 233 g/mol. The zero-order chi connectivity index (χ0) is 12.9. The SMILES string of the molecule is CC(C)(C)c1cccc(OCC(O)CC#N)c1. The lowest BCUT2D eigenvalue weighted by atomic mass is 9.87. The smallest absolute Gasteiger partial charge is 0.119 e. The van der Waals surface area contributed by atoms with Crippen molar-refractivity contribution in [3.63, 3.8) is 0 Å². The second kappa shape index (κ2) is 5.70. The Kier molecular flexibility index (Phi) is 4.53. The molecule has 1 N–H and O–H groups in total. The van der Waals surface area contributed by atoms with Crippen LogP contribution in [0.1, 0.15) is 32.8 Å². The number of ether oxygens (including phenoxy) is 1. The van der Waals surface area contributed by atoms with Crippen molar-refractivity contribution in [2.45, 2.75) is 38.7 Å². The molecule has 1 unspecified atom stereocenters. The number of aliphatic hydroxyl groups excluding tert-OH is 1. The molecule has 0 radical (unpaired) electrons. The van der Waals surface area contributed by atoms with Crippen LogP contribution in [-0.4, -0.2) is 17.8 Å². The van der Waals surface area contributed by atoms with E-state index in [2.05, 4.69) is 26.8 Å². The van der Waals surface area contributed by atoms with Crippen LogP contribution < -0.4 is 4.74 Å². The Bertz CT molecular complexity index is 401. The van der Waals surface area contributed by atoms with Gasteiger partial charge >= 0.3 is 0 Å². The Balaban J connectivity index is 2.64. The summed E-state index contributed by atoms with van der Waals surface area (Å²) >= 11 is 0. The molecule has 0 aliphatic rings. The van der Waals surface area contributed by atoms with Crippen LogP contribution in [0.5, 0.6) is 5.75 Å². The maximum Gasteiger partial charge on any atom is 0.119 e. The number of hydrogen-bond acceptors (Lipinski definition) is 3. The fourth-order valence-corrected chi connectivity index (χ4v) is 1.41. The largest absolute Gasteiger partial charge is 0.491 e. The zero-order valence-corrected chi connectivity index (χ0v) is 10.6. The van der Waals surface area contributed by atoms with Gasteiger partial charge in [0.25, 0.3) is 0 Å². The van der Waals surface area contributed by atoms with Crippen LogP contribution in [0, 0.1) is 11.3 Å². The van der Waals surface area contributed by atoms with Gasteiger partial charge in [0.15, 0.2) is 0 Å². The van der Waals surface area contributed by atoms with E-state index in [0.717, 1.165) is 5.75 Å². The second-order valence-electron chi connectivity index (χ2n) is 5.10. The first kappa shape index (κ1) is 13.5. The summed E-state index contributed by atoms with van der Waals surface area (Å²) in [4.78, 5) is 0. The summed E-state index contributed by atoms with van der Waals surface area (Å²) < 4.78 is 5.46. The van der Waals surface area contributed by atoms with Crippen LogP contribution in [0.3, 0.4) is 0 Å². The maximum absolute atomic E-state index is 9.39. The molecule has 1 aromatic rings. The van der Waals surface area contributed by atoms with Gasteiger partial charge in [-0.3, -0.25) is 0 Å². The van der Waals surface area contributed by atoms with Crippen LogP contribution in [0.15, 0.2) is 24.3 Å². The highest BCUT2D eigenvalue weighted by atomic mass is 16.5. The molecule has 0 saturated carbocycles. The predicted molar refractivity (Wildman–Crippen MR) is 66.9 cm³/mol. The fourth-order valence-electron chi connectivity index (χ4n) is 1.41. The molecule has 0 aromatic heterocycles. The highest BCUT2D eigenvalue weighted by molar-refractivity contribution is 5.32. The predicted octanol–water partition coefficient (Wildman–Crippen LogP) is 2.64. The molecule has 92 valence electrons. The lowest BCUT2D eigenvalue weighted by Crippen LogP contribution is -2.17. The van der Waals surface area contributed by atoms with Crippen molar-refractivity contribution in [2.24, 2.45) is 0 Å². The molecular weight excluding hydrogens is 214 g/mol.